The van der Waals surface area contributed by atoms with Crippen molar-refractivity contribution in [1.29, 1.82) is 0 Å². The fourth-order valence-electron chi connectivity index (χ4n) is 2.90. The van der Waals surface area contributed by atoms with Crippen molar-refractivity contribution in [3.05, 3.63) is 17.5 Å². The number of nitrogens with zero attached hydrogens (tertiary/aromatic N) is 2. The Balaban J connectivity index is 2.13. The molecule has 0 aliphatic carbocycles. The Hall–Kier alpha value is -0.870. The van der Waals surface area contributed by atoms with Crippen LogP contribution in [0.15, 0.2) is 6.07 Å². The molecule has 4 heteroatoms. The van der Waals surface area contributed by atoms with Gasteiger partial charge in [-0.25, -0.2) is 0 Å². The zero-order valence-corrected chi connectivity index (χ0v) is 13.4. The topological polar surface area (TPSA) is 39.1 Å². The summed E-state index contributed by atoms with van der Waals surface area (Å²) in [6, 6.07) is 2.80. The molecule has 1 N–H and O–H groups in total. The van der Waals surface area contributed by atoms with Crippen LogP contribution in [0.2, 0.25) is 0 Å². The van der Waals surface area contributed by atoms with Gasteiger partial charge in [0.25, 0.3) is 0 Å². The van der Waals surface area contributed by atoms with Crippen LogP contribution in [0.5, 0.6) is 0 Å². The molecule has 1 aliphatic heterocycles. The van der Waals surface area contributed by atoms with Crippen LogP contribution in [-0.4, -0.2) is 35.6 Å². The number of hydrogen-bond acceptors (Lipinski definition) is 3. The standard InChI is InChI=1S/C16H29N3O/c1-5-14-9-15(19(6-2)18-14)10-16(7-8-20-12-16)11-17-13(3)4/h9,13,17H,5-8,10-12H2,1-4H3. The fraction of sp³-hybridized carbons (Fsp3) is 0.812. The lowest BCUT2D eigenvalue weighted by Crippen LogP contribution is -2.40. The summed E-state index contributed by atoms with van der Waals surface area (Å²) in [6.45, 7) is 12.5. The van der Waals surface area contributed by atoms with Gasteiger partial charge in [-0.1, -0.05) is 20.8 Å². The van der Waals surface area contributed by atoms with E-state index in [1.807, 2.05) is 0 Å². The molecule has 2 rings (SSSR count). The first-order valence-electron chi connectivity index (χ1n) is 7.95. The fourth-order valence-corrected chi connectivity index (χ4v) is 2.90. The highest BCUT2D eigenvalue weighted by Crippen LogP contribution is 2.32. The first-order chi connectivity index (χ1) is 9.58. The van der Waals surface area contributed by atoms with Crippen molar-refractivity contribution in [2.45, 2.75) is 59.5 Å². The molecule has 2 heterocycles. The lowest BCUT2D eigenvalue weighted by Gasteiger charge is -2.29. The summed E-state index contributed by atoms with van der Waals surface area (Å²) >= 11 is 0. The maximum Gasteiger partial charge on any atom is 0.0624 e. The molecule has 1 aromatic heterocycles. The Bertz CT molecular complexity index is 419. The number of hydrogen-bond donors (Lipinski definition) is 1. The minimum absolute atomic E-state index is 0.238. The minimum Gasteiger partial charge on any atom is -0.381 e. The predicted molar refractivity (Wildman–Crippen MR) is 82.0 cm³/mol. The Kier molecular flexibility index (Phi) is 5.22. The third-order valence-corrected chi connectivity index (χ3v) is 4.20. The average molecular weight is 279 g/mol. The van der Waals surface area contributed by atoms with Crippen molar-refractivity contribution in [2.24, 2.45) is 5.41 Å². The van der Waals surface area contributed by atoms with E-state index in [9.17, 15) is 0 Å². The van der Waals surface area contributed by atoms with Gasteiger partial charge in [-0.3, -0.25) is 4.68 Å². The Labute approximate surface area is 122 Å². The van der Waals surface area contributed by atoms with Crippen molar-refractivity contribution < 1.29 is 4.74 Å². The van der Waals surface area contributed by atoms with Gasteiger partial charge < -0.3 is 10.1 Å². The van der Waals surface area contributed by atoms with Gasteiger partial charge in [0, 0.05) is 36.8 Å². The number of ether oxygens (including phenoxy) is 1. The van der Waals surface area contributed by atoms with Gasteiger partial charge in [0.05, 0.1) is 12.3 Å². The summed E-state index contributed by atoms with van der Waals surface area (Å²) in [5.74, 6) is 0. The molecule has 1 aromatic rings. The van der Waals surface area contributed by atoms with E-state index in [0.29, 0.717) is 6.04 Å². The summed E-state index contributed by atoms with van der Waals surface area (Å²) in [5, 5.41) is 8.27. The molecular formula is C16H29N3O. The van der Waals surface area contributed by atoms with E-state index in [4.69, 9.17) is 4.74 Å². The van der Waals surface area contributed by atoms with Crippen LogP contribution in [-0.2, 0) is 24.1 Å². The van der Waals surface area contributed by atoms with Gasteiger partial charge >= 0.3 is 0 Å². The maximum atomic E-state index is 5.70. The van der Waals surface area contributed by atoms with E-state index in [2.05, 4.69) is 48.9 Å². The molecule has 1 unspecified atom stereocenters. The van der Waals surface area contributed by atoms with Crippen molar-refractivity contribution in [2.75, 3.05) is 19.8 Å². The third kappa shape index (κ3) is 3.61. The second-order valence-electron chi connectivity index (χ2n) is 6.31. The Morgan fingerprint density at radius 3 is 2.80 bits per heavy atom. The molecule has 4 nitrogen and oxygen atoms in total. The van der Waals surface area contributed by atoms with Crippen molar-refractivity contribution in [3.63, 3.8) is 0 Å². The van der Waals surface area contributed by atoms with E-state index < -0.39 is 0 Å². The predicted octanol–water partition coefficient (Wildman–Crippen LogP) is 2.41. The zero-order valence-electron chi connectivity index (χ0n) is 13.4. The smallest absolute Gasteiger partial charge is 0.0624 e. The van der Waals surface area contributed by atoms with Gasteiger partial charge in [0.1, 0.15) is 0 Å². The normalized spacial score (nSPS) is 22.9. The molecule has 1 aliphatic rings. The highest BCUT2D eigenvalue weighted by atomic mass is 16.5. The molecule has 0 saturated carbocycles. The maximum absolute atomic E-state index is 5.70. The molecule has 1 fully saturated rings. The lowest BCUT2D eigenvalue weighted by molar-refractivity contribution is 0.146. The van der Waals surface area contributed by atoms with Crippen LogP contribution >= 0.6 is 0 Å². The highest BCUT2D eigenvalue weighted by molar-refractivity contribution is 5.13. The number of nitrogens with one attached hydrogen (secondary N) is 1. The second-order valence-corrected chi connectivity index (χ2v) is 6.31. The molecule has 1 saturated heterocycles. The largest absolute Gasteiger partial charge is 0.381 e. The summed E-state index contributed by atoms with van der Waals surface area (Å²) in [6.07, 6.45) is 3.21. The number of aryl methyl sites for hydroxylation is 2. The van der Waals surface area contributed by atoms with E-state index in [1.165, 1.54) is 11.4 Å². The monoisotopic (exact) mass is 279 g/mol. The lowest BCUT2D eigenvalue weighted by atomic mass is 9.82. The van der Waals surface area contributed by atoms with Crippen LogP contribution in [0.4, 0.5) is 0 Å². The molecule has 0 aromatic carbocycles. The van der Waals surface area contributed by atoms with E-state index >= 15 is 0 Å². The quantitative estimate of drug-likeness (QED) is 0.833. The van der Waals surface area contributed by atoms with Crippen molar-refractivity contribution >= 4 is 0 Å². The molecule has 20 heavy (non-hydrogen) atoms. The van der Waals surface area contributed by atoms with Crippen molar-refractivity contribution in [3.8, 4) is 0 Å². The van der Waals surface area contributed by atoms with Gasteiger partial charge in [-0.15, -0.1) is 0 Å². The van der Waals surface area contributed by atoms with Gasteiger partial charge in [-0.2, -0.15) is 5.10 Å². The summed E-state index contributed by atoms with van der Waals surface area (Å²) < 4.78 is 7.86. The van der Waals surface area contributed by atoms with Crippen LogP contribution in [0, 0.1) is 5.41 Å². The second kappa shape index (κ2) is 6.72. The summed E-state index contributed by atoms with van der Waals surface area (Å²) in [4.78, 5) is 0. The molecule has 114 valence electrons. The van der Waals surface area contributed by atoms with Crippen molar-refractivity contribution in [1.82, 2.24) is 15.1 Å². The summed E-state index contributed by atoms with van der Waals surface area (Å²) in [5.41, 5.74) is 2.80. The van der Waals surface area contributed by atoms with Gasteiger partial charge in [-0.05, 0) is 32.3 Å². The van der Waals surface area contributed by atoms with E-state index in [0.717, 1.165) is 45.6 Å². The zero-order chi connectivity index (χ0) is 14.6. The van der Waals surface area contributed by atoms with Crippen LogP contribution in [0.3, 0.4) is 0 Å². The molecule has 1 atom stereocenters. The van der Waals surface area contributed by atoms with Crippen LogP contribution in [0.25, 0.3) is 0 Å². The molecule has 0 spiro atoms. The van der Waals surface area contributed by atoms with E-state index in [1.54, 1.807) is 0 Å². The average Bonchev–Trinajstić information content (AvgIpc) is 3.04. The minimum atomic E-state index is 0.238. The highest BCUT2D eigenvalue weighted by Gasteiger charge is 2.36. The van der Waals surface area contributed by atoms with Crippen LogP contribution < -0.4 is 5.32 Å². The third-order valence-electron chi connectivity index (χ3n) is 4.20. The summed E-state index contributed by atoms with van der Waals surface area (Å²) in [7, 11) is 0. The SMILES string of the molecule is CCc1cc(CC2(CNC(C)C)CCOC2)n(CC)n1. The van der Waals surface area contributed by atoms with Crippen LogP contribution in [0.1, 0.15) is 45.5 Å². The molecule has 0 radical (unpaired) electrons. The van der Waals surface area contributed by atoms with Gasteiger partial charge in [0.2, 0.25) is 0 Å². The number of aromatic nitrogens is 2. The van der Waals surface area contributed by atoms with Gasteiger partial charge in [0.15, 0.2) is 0 Å². The first-order valence-corrected chi connectivity index (χ1v) is 7.95. The molecule has 0 amide bonds. The Morgan fingerprint density at radius 1 is 1.45 bits per heavy atom. The van der Waals surface area contributed by atoms with E-state index in [-0.39, 0.29) is 5.41 Å². The number of rotatable bonds is 7. The molecular weight excluding hydrogens is 250 g/mol. The Morgan fingerprint density at radius 2 is 2.25 bits per heavy atom. The first kappa shape index (κ1) is 15.5. The molecule has 0 bridgehead atoms.